The van der Waals surface area contributed by atoms with Gasteiger partial charge < -0.3 is 41.0 Å². The van der Waals surface area contributed by atoms with E-state index in [1.807, 2.05) is 12.1 Å². The van der Waals surface area contributed by atoms with Crippen LogP contribution in [0, 0.1) is 10.1 Å². The first-order chi connectivity index (χ1) is 22.5. The maximum absolute atomic E-state index is 12.5. The number of carbonyl (C=O) groups excluding carboxylic acids is 1. The fraction of sp³-hybridized carbons (Fsp3) is 0.484. The SMILES string of the molecule is CCCCNc1nc(NCc2ccc(C(=O)NCCOCCOCCN)cc2)nc(N2CCN(c3ccc([N+](=O)[O-])cc3)CC2)n1. The lowest BCUT2D eigenvalue weighted by Gasteiger charge is -2.36. The van der Waals surface area contributed by atoms with Gasteiger partial charge in [0, 0.05) is 75.7 Å². The zero-order valence-electron chi connectivity index (χ0n) is 26.3. The number of nitrogens with zero attached hydrogens (tertiary/aromatic N) is 6. The smallest absolute Gasteiger partial charge is 0.269 e. The van der Waals surface area contributed by atoms with Gasteiger partial charge in [-0.2, -0.15) is 15.0 Å². The van der Waals surface area contributed by atoms with E-state index in [2.05, 4.69) is 37.7 Å². The zero-order valence-corrected chi connectivity index (χ0v) is 26.3. The summed E-state index contributed by atoms with van der Waals surface area (Å²) in [5, 5.41) is 20.5. The Balaban J connectivity index is 1.30. The minimum Gasteiger partial charge on any atom is -0.378 e. The van der Waals surface area contributed by atoms with Crippen LogP contribution in [0.25, 0.3) is 0 Å². The van der Waals surface area contributed by atoms with Gasteiger partial charge in [0.2, 0.25) is 17.8 Å². The minimum absolute atomic E-state index is 0.0792. The average Bonchev–Trinajstić information content (AvgIpc) is 3.09. The Morgan fingerprint density at radius 3 is 2.17 bits per heavy atom. The highest BCUT2D eigenvalue weighted by atomic mass is 16.6. The molecule has 1 aromatic heterocycles. The zero-order chi connectivity index (χ0) is 32.6. The second-order valence-corrected chi connectivity index (χ2v) is 10.6. The molecule has 4 rings (SSSR count). The number of unbranched alkanes of at least 4 members (excludes halogenated alkanes) is 1. The summed E-state index contributed by atoms with van der Waals surface area (Å²) in [5.74, 6) is 1.38. The topological polar surface area (TPSA) is 186 Å². The molecule has 3 aromatic rings. The first-order valence-corrected chi connectivity index (χ1v) is 15.7. The van der Waals surface area contributed by atoms with Gasteiger partial charge in [-0.25, -0.2) is 0 Å². The van der Waals surface area contributed by atoms with Crippen molar-refractivity contribution in [2.24, 2.45) is 5.73 Å². The first kappa shape index (κ1) is 34.3. The number of nitrogens with one attached hydrogen (secondary N) is 3. The van der Waals surface area contributed by atoms with Gasteiger partial charge in [-0.1, -0.05) is 25.5 Å². The molecule has 0 saturated carbocycles. The number of nitrogens with two attached hydrogens (primary N) is 1. The van der Waals surface area contributed by atoms with Gasteiger partial charge >= 0.3 is 0 Å². The minimum atomic E-state index is -0.391. The highest BCUT2D eigenvalue weighted by Crippen LogP contribution is 2.23. The van der Waals surface area contributed by atoms with E-state index in [4.69, 9.17) is 25.2 Å². The monoisotopic (exact) mass is 636 g/mol. The van der Waals surface area contributed by atoms with Crippen LogP contribution in [-0.4, -0.2) is 98.0 Å². The average molecular weight is 637 g/mol. The molecule has 0 aliphatic carbocycles. The third kappa shape index (κ3) is 10.8. The lowest BCUT2D eigenvalue weighted by Crippen LogP contribution is -2.47. The Morgan fingerprint density at radius 2 is 1.52 bits per heavy atom. The number of amides is 1. The molecule has 1 aliphatic rings. The molecule has 2 aromatic carbocycles. The Morgan fingerprint density at radius 1 is 0.870 bits per heavy atom. The summed E-state index contributed by atoms with van der Waals surface area (Å²) >= 11 is 0. The van der Waals surface area contributed by atoms with Crippen molar-refractivity contribution < 1.29 is 19.2 Å². The Bertz CT molecular complexity index is 1370. The molecule has 0 bridgehead atoms. The molecule has 15 heteroatoms. The molecule has 0 unspecified atom stereocenters. The Labute approximate surface area is 269 Å². The highest BCUT2D eigenvalue weighted by Gasteiger charge is 2.21. The third-order valence-corrected chi connectivity index (χ3v) is 7.26. The van der Waals surface area contributed by atoms with Crippen molar-refractivity contribution in [3.05, 3.63) is 69.8 Å². The third-order valence-electron chi connectivity index (χ3n) is 7.26. The lowest BCUT2D eigenvalue weighted by atomic mass is 10.1. The van der Waals surface area contributed by atoms with Gasteiger partial charge in [0.15, 0.2) is 0 Å². The molecular weight excluding hydrogens is 592 g/mol. The molecule has 0 radical (unpaired) electrons. The standard InChI is InChI=1S/C31H44N10O5/c1-2-3-13-34-29-36-30(35-23-24-4-6-25(7-5-24)28(42)33-14-20-46-22-21-45-19-12-32)38-31(37-29)40-17-15-39(16-18-40)26-8-10-27(11-9-26)41(43)44/h4-11H,2-3,12-23,32H2,1H3,(H,33,42)(H2,34,35,36,37,38). The second kappa shape index (κ2) is 18.4. The van der Waals surface area contributed by atoms with Gasteiger partial charge in [0.05, 0.1) is 31.4 Å². The van der Waals surface area contributed by atoms with Crippen molar-refractivity contribution in [1.82, 2.24) is 20.3 Å². The molecule has 1 saturated heterocycles. The number of nitro groups is 1. The van der Waals surface area contributed by atoms with E-state index in [-0.39, 0.29) is 11.6 Å². The summed E-state index contributed by atoms with van der Waals surface area (Å²) in [6, 6.07) is 14.0. The van der Waals surface area contributed by atoms with Crippen LogP contribution in [0.4, 0.5) is 29.2 Å². The molecule has 15 nitrogen and oxygen atoms in total. The maximum Gasteiger partial charge on any atom is 0.269 e. The summed E-state index contributed by atoms with van der Waals surface area (Å²) in [4.78, 5) is 41.4. The summed E-state index contributed by atoms with van der Waals surface area (Å²) in [7, 11) is 0. The number of anilines is 4. The number of benzene rings is 2. The van der Waals surface area contributed by atoms with Crippen molar-refractivity contribution in [3.63, 3.8) is 0 Å². The van der Waals surface area contributed by atoms with Crippen LogP contribution in [0.3, 0.4) is 0 Å². The molecule has 2 heterocycles. The summed E-state index contributed by atoms with van der Waals surface area (Å²) in [6.45, 7) is 8.90. The molecule has 248 valence electrons. The predicted molar refractivity (Wildman–Crippen MR) is 178 cm³/mol. The van der Waals surface area contributed by atoms with Crippen LogP contribution in [0.15, 0.2) is 48.5 Å². The van der Waals surface area contributed by atoms with E-state index >= 15 is 0 Å². The van der Waals surface area contributed by atoms with Crippen LogP contribution in [-0.2, 0) is 16.0 Å². The number of non-ortho nitro benzene ring substituents is 1. The lowest BCUT2D eigenvalue weighted by molar-refractivity contribution is -0.384. The van der Waals surface area contributed by atoms with Gasteiger partial charge in [-0.3, -0.25) is 14.9 Å². The van der Waals surface area contributed by atoms with E-state index in [1.165, 1.54) is 12.1 Å². The van der Waals surface area contributed by atoms with Crippen LogP contribution >= 0.6 is 0 Å². The quantitative estimate of drug-likeness (QED) is 0.0856. The number of nitro benzene ring substituents is 1. The van der Waals surface area contributed by atoms with Crippen LogP contribution in [0.2, 0.25) is 0 Å². The number of piperazine rings is 1. The molecule has 0 spiro atoms. The number of hydrogen-bond donors (Lipinski definition) is 4. The van der Waals surface area contributed by atoms with Gasteiger partial charge in [-0.15, -0.1) is 0 Å². The predicted octanol–water partition coefficient (Wildman–Crippen LogP) is 2.65. The van der Waals surface area contributed by atoms with Gasteiger partial charge in [-0.05, 0) is 36.2 Å². The van der Waals surface area contributed by atoms with E-state index < -0.39 is 4.92 Å². The number of carbonyl (C=O) groups is 1. The number of ether oxygens (including phenoxy) is 2. The fourth-order valence-corrected chi connectivity index (χ4v) is 4.69. The fourth-order valence-electron chi connectivity index (χ4n) is 4.69. The molecule has 1 amide bonds. The summed E-state index contributed by atoms with van der Waals surface area (Å²) in [6.07, 6.45) is 2.04. The van der Waals surface area contributed by atoms with Crippen molar-refractivity contribution in [3.8, 4) is 0 Å². The van der Waals surface area contributed by atoms with Crippen molar-refractivity contribution in [2.45, 2.75) is 26.3 Å². The number of hydrogen-bond acceptors (Lipinski definition) is 13. The highest BCUT2D eigenvalue weighted by molar-refractivity contribution is 5.94. The molecular formula is C31H44N10O5. The van der Waals surface area contributed by atoms with Crippen molar-refractivity contribution in [1.29, 1.82) is 0 Å². The molecule has 46 heavy (non-hydrogen) atoms. The summed E-state index contributed by atoms with van der Waals surface area (Å²) < 4.78 is 10.7. The number of aromatic nitrogens is 3. The van der Waals surface area contributed by atoms with Crippen LogP contribution in [0.5, 0.6) is 0 Å². The van der Waals surface area contributed by atoms with Gasteiger partial charge in [0.25, 0.3) is 11.6 Å². The maximum atomic E-state index is 12.5. The first-order valence-electron chi connectivity index (χ1n) is 15.7. The Kier molecular flexibility index (Phi) is 13.7. The van der Waals surface area contributed by atoms with Crippen molar-refractivity contribution in [2.75, 3.05) is 92.7 Å². The van der Waals surface area contributed by atoms with E-state index in [0.29, 0.717) is 82.6 Å². The Hall–Kier alpha value is -4.60. The number of rotatable bonds is 19. The molecule has 0 atom stereocenters. The van der Waals surface area contributed by atoms with E-state index in [9.17, 15) is 14.9 Å². The molecule has 1 fully saturated rings. The van der Waals surface area contributed by atoms with Crippen molar-refractivity contribution >= 4 is 35.1 Å². The summed E-state index contributed by atoms with van der Waals surface area (Å²) in [5.41, 5.74) is 7.93. The van der Waals surface area contributed by atoms with Crippen LogP contribution in [0.1, 0.15) is 35.7 Å². The molecule has 5 N–H and O–H groups in total. The normalized spacial score (nSPS) is 13.0. The largest absolute Gasteiger partial charge is 0.378 e. The van der Waals surface area contributed by atoms with E-state index in [0.717, 1.165) is 43.7 Å². The second-order valence-electron chi connectivity index (χ2n) is 10.6. The van der Waals surface area contributed by atoms with Crippen LogP contribution < -0.4 is 31.5 Å². The van der Waals surface area contributed by atoms with E-state index in [1.54, 1.807) is 24.3 Å². The molecule has 1 aliphatic heterocycles. The van der Waals surface area contributed by atoms with Gasteiger partial charge in [0.1, 0.15) is 0 Å².